The Bertz CT molecular complexity index is 982. The van der Waals surface area contributed by atoms with Crippen molar-refractivity contribution < 1.29 is 19.1 Å². The van der Waals surface area contributed by atoms with Gasteiger partial charge in [-0.1, -0.05) is 194 Å². The zero-order chi connectivity index (χ0) is 44.0. The van der Waals surface area contributed by atoms with Gasteiger partial charge in [-0.25, -0.2) is 0 Å². The van der Waals surface area contributed by atoms with E-state index >= 15 is 0 Å². The number of hydrogen-bond acceptors (Lipinski definition) is 5. The van der Waals surface area contributed by atoms with Crippen molar-refractivity contribution in [2.24, 2.45) is 11.8 Å². The molecule has 0 saturated heterocycles. The molecule has 5 heteroatoms. The third kappa shape index (κ3) is 41.6. The van der Waals surface area contributed by atoms with Crippen molar-refractivity contribution in [2.45, 2.75) is 272 Å². The van der Waals surface area contributed by atoms with E-state index in [0.29, 0.717) is 69.0 Å². The molecule has 1 atom stereocenters. The highest BCUT2D eigenvalue weighted by Crippen LogP contribution is 2.25. The van der Waals surface area contributed by atoms with Crippen LogP contribution in [0.25, 0.3) is 0 Å². The minimum Gasteiger partial charge on any atom is -0.465 e. The summed E-state index contributed by atoms with van der Waals surface area (Å²) >= 11 is 0. The first-order valence-electron chi connectivity index (χ1n) is 26.6. The Kier molecular flexibility index (Phi) is 45.4. The van der Waals surface area contributed by atoms with Gasteiger partial charge in [0.05, 0.1) is 6.61 Å². The standard InChI is InChI=1S/C55H103NO4/c1-6-11-14-17-20-21-22-23-24-25-26-27-30-33-36-42-55(59)60-50-52(44-47-53(57)41-37-38-49-56(9-4)10-5)45-48-54(58)46-43-51(39-34-31-28-18-15-12-7-2)40-35-32-29-19-16-13-8-3/h20-21,23-24,51-52H,6-19,22,25-50H2,1-5H3/b21-20-,24-23-. The van der Waals surface area contributed by atoms with Crippen LogP contribution in [-0.2, 0) is 19.1 Å². The van der Waals surface area contributed by atoms with Crippen LogP contribution in [0, 0.1) is 11.8 Å². The third-order valence-corrected chi connectivity index (χ3v) is 12.8. The SMILES string of the molecule is CCCCC/C=C\C/C=C\CCCCCCCC(=O)OCC(CCC(=O)CCCCN(CC)CC)CCC(=O)CCC(CCCCCCCCC)CCCCCCCCC. The predicted molar refractivity (Wildman–Crippen MR) is 262 cm³/mol. The predicted octanol–water partition coefficient (Wildman–Crippen LogP) is 16.8. The molecule has 0 heterocycles. The molecule has 0 bridgehead atoms. The number of Topliss-reactive ketones (excluding diaryl/α,β-unsaturated/α-hetero) is 2. The van der Waals surface area contributed by atoms with Gasteiger partial charge in [0.1, 0.15) is 11.6 Å². The first-order valence-corrected chi connectivity index (χ1v) is 26.6. The molecule has 0 rings (SSSR count). The number of esters is 1. The van der Waals surface area contributed by atoms with Gasteiger partial charge in [0.15, 0.2) is 0 Å². The molecule has 0 N–H and O–H groups in total. The van der Waals surface area contributed by atoms with E-state index in [4.69, 9.17) is 4.74 Å². The van der Waals surface area contributed by atoms with Gasteiger partial charge in [0.25, 0.3) is 0 Å². The maximum absolute atomic E-state index is 13.3. The lowest BCUT2D eigenvalue weighted by atomic mass is 9.88. The van der Waals surface area contributed by atoms with Crippen LogP contribution in [0.4, 0.5) is 0 Å². The van der Waals surface area contributed by atoms with Crippen molar-refractivity contribution in [1.29, 1.82) is 0 Å². The fourth-order valence-corrected chi connectivity index (χ4v) is 8.43. The van der Waals surface area contributed by atoms with Crippen molar-refractivity contribution in [3.05, 3.63) is 24.3 Å². The van der Waals surface area contributed by atoms with Crippen molar-refractivity contribution in [2.75, 3.05) is 26.2 Å². The molecular formula is C55H103NO4. The van der Waals surface area contributed by atoms with Gasteiger partial charge in [-0.3, -0.25) is 14.4 Å². The molecule has 0 aromatic carbocycles. The molecule has 0 aliphatic heterocycles. The molecule has 0 aliphatic rings. The maximum Gasteiger partial charge on any atom is 0.305 e. The van der Waals surface area contributed by atoms with E-state index in [9.17, 15) is 14.4 Å². The number of allylic oxidation sites excluding steroid dienone is 4. The summed E-state index contributed by atoms with van der Waals surface area (Å²) in [6.45, 7) is 14.7. The fourth-order valence-electron chi connectivity index (χ4n) is 8.43. The minimum atomic E-state index is -0.127. The second-order valence-corrected chi connectivity index (χ2v) is 18.4. The van der Waals surface area contributed by atoms with Crippen LogP contribution in [0.2, 0.25) is 0 Å². The van der Waals surface area contributed by atoms with Gasteiger partial charge in [-0.2, -0.15) is 0 Å². The quantitative estimate of drug-likeness (QED) is 0.0347. The molecule has 0 amide bonds. The highest BCUT2D eigenvalue weighted by atomic mass is 16.5. The molecule has 0 spiro atoms. The summed E-state index contributed by atoms with van der Waals surface area (Å²) in [5.41, 5.74) is 0. The Balaban J connectivity index is 4.84. The number of hydrogen-bond donors (Lipinski definition) is 0. The molecule has 352 valence electrons. The average molecular weight is 842 g/mol. The first kappa shape index (κ1) is 58.2. The summed E-state index contributed by atoms with van der Waals surface area (Å²) in [5.74, 6) is 1.26. The Morgan fingerprint density at radius 3 is 1.37 bits per heavy atom. The summed E-state index contributed by atoms with van der Waals surface area (Å²) in [6, 6.07) is 0. The van der Waals surface area contributed by atoms with Crippen molar-refractivity contribution in [3.8, 4) is 0 Å². The molecule has 0 radical (unpaired) electrons. The molecule has 0 fully saturated rings. The fraction of sp³-hybridized carbons (Fsp3) is 0.873. The lowest BCUT2D eigenvalue weighted by molar-refractivity contribution is -0.145. The molecule has 1 unspecified atom stereocenters. The summed E-state index contributed by atoms with van der Waals surface area (Å²) in [6.07, 6.45) is 50.5. The second kappa shape index (κ2) is 46.7. The number of carbonyl (C=O) groups excluding carboxylic acids is 3. The average Bonchev–Trinajstić information content (AvgIpc) is 3.25. The van der Waals surface area contributed by atoms with Crippen LogP contribution in [0.15, 0.2) is 24.3 Å². The van der Waals surface area contributed by atoms with E-state index in [1.54, 1.807) is 0 Å². The van der Waals surface area contributed by atoms with E-state index < -0.39 is 0 Å². The normalized spacial score (nSPS) is 12.4. The lowest BCUT2D eigenvalue weighted by Crippen LogP contribution is -2.24. The van der Waals surface area contributed by atoms with Crippen molar-refractivity contribution in [1.82, 2.24) is 4.90 Å². The van der Waals surface area contributed by atoms with Crippen molar-refractivity contribution >= 4 is 17.5 Å². The molecule has 0 aromatic rings. The molecule has 5 nitrogen and oxygen atoms in total. The largest absolute Gasteiger partial charge is 0.465 e. The Morgan fingerprint density at radius 1 is 0.417 bits per heavy atom. The van der Waals surface area contributed by atoms with E-state index in [1.807, 2.05) is 0 Å². The van der Waals surface area contributed by atoms with E-state index in [1.165, 1.54) is 141 Å². The number of nitrogens with zero attached hydrogens (tertiary/aromatic N) is 1. The molecule has 0 saturated carbocycles. The van der Waals surface area contributed by atoms with E-state index in [2.05, 4.69) is 63.8 Å². The van der Waals surface area contributed by atoms with Crippen LogP contribution in [0.5, 0.6) is 0 Å². The van der Waals surface area contributed by atoms with Gasteiger partial charge in [-0.05, 0) is 102 Å². The van der Waals surface area contributed by atoms with Crippen molar-refractivity contribution in [3.63, 3.8) is 0 Å². The topological polar surface area (TPSA) is 63.7 Å². The monoisotopic (exact) mass is 842 g/mol. The highest BCUT2D eigenvalue weighted by molar-refractivity contribution is 5.79. The zero-order valence-corrected chi connectivity index (χ0v) is 41.0. The van der Waals surface area contributed by atoms with Crippen LogP contribution in [0.3, 0.4) is 0 Å². The number of ketones is 2. The number of ether oxygens (including phenoxy) is 1. The van der Waals surface area contributed by atoms with Gasteiger partial charge in [0.2, 0.25) is 0 Å². The van der Waals surface area contributed by atoms with Crippen LogP contribution < -0.4 is 0 Å². The van der Waals surface area contributed by atoms with Gasteiger partial charge < -0.3 is 9.64 Å². The molecule has 0 aliphatic carbocycles. The summed E-state index contributed by atoms with van der Waals surface area (Å²) in [5, 5.41) is 0. The van der Waals surface area contributed by atoms with E-state index in [0.717, 1.165) is 71.0 Å². The third-order valence-electron chi connectivity index (χ3n) is 12.8. The number of unbranched alkanes of at least 4 members (excludes halogenated alkanes) is 21. The maximum atomic E-state index is 13.3. The van der Waals surface area contributed by atoms with Gasteiger partial charge in [0, 0.05) is 32.1 Å². The zero-order valence-electron chi connectivity index (χ0n) is 41.0. The molecular weight excluding hydrogens is 739 g/mol. The Labute approximate surface area is 374 Å². The van der Waals surface area contributed by atoms with Crippen LogP contribution in [0.1, 0.15) is 272 Å². The second-order valence-electron chi connectivity index (χ2n) is 18.4. The first-order chi connectivity index (χ1) is 29.4. The number of carbonyl (C=O) groups is 3. The summed E-state index contributed by atoms with van der Waals surface area (Å²) in [7, 11) is 0. The van der Waals surface area contributed by atoms with Crippen LogP contribution >= 0.6 is 0 Å². The smallest absolute Gasteiger partial charge is 0.305 e. The summed E-state index contributed by atoms with van der Waals surface area (Å²) in [4.78, 5) is 41.4. The Morgan fingerprint density at radius 2 is 0.833 bits per heavy atom. The summed E-state index contributed by atoms with van der Waals surface area (Å²) < 4.78 is 5.83. The van der Waals surface area contributed by atoms with E-state index in [-0.39, 0.29) is 11.9 Å². The lowest BCUT2D eigenvalue weighted by Gasteiger charge is -2.19. The molecule has 0 aromatic heterocycles. The van der Waals surface area contributed by atoms with Crippen LogP contribution in [-0.4, -0.2) is 48.7 Å². The minimum absolute atomic E-state index is 0.0679. The van der Waals surface area contributed by atoms with Gasteiger partial charge >= 0.3 is 5.97 Å². The van der Waals surface area contributed by atoms with Gasteiger partial charge in [-0.15, -0.1) is 0 Å². The molecule has 60 heavy (non-hydrogen) atoms. The highest BCUT2D eigenvalue weighted by Gasteiger charge is 2.18. The number of rotatable bonds is 48. The Hall–Kier alpha value is -1.75.